The van der Waals surface area contributed by atoms with E-state index in [2.05, 4.69) is 33.9 Å². The number of carboxylic acids is 1. The number of hydrogen-bond donors (Lipinski definition) is 11. The Bertz CT molecular complexity index is 924. The monoisotopic (exact) mass is 603 g/mol. The number of nitrogens with zero attached hydrogens (tertiary/aromatic N) is 1. The molecule has 1 heterocycles. The quantitative estimate of drug-likeness (QED) is 0.0317. The van der Waals surface area contributed by atoms with Crippen LogP contribution in [0, 0.1) is 5.41 Å². The van der Waals surface area contributed by atoms with E-state index in [1.165, 1.54) is 11.8 Å². The van der Waals surface area contributed by atoms with Gasteiger partial charge in [0.05, 0.1) is 12.1 Å². The number of nitrogens with one attached hydrogen (secondary N) is 5. The molecule has 41 heavy (non-hydrogen) atoms. The van der Waals surface area contributed by atoms with Gasteiger partial charge in [-0.2, -0.15) is 12.6 Å². The average molecular weight is 604 g/mol. The minimum absolute atomic E-state index is 0.0105. The van der Waals surface area contributed by atoms with Gasteiger partial charge in [0.25, 0.3) is 0 Å². The molecule has 17 heteroatoms. The van der Waals surface area contributed by atoms with Gasteiger partial charge >= 0.3 is 5.97 Å². The van der Waals surface area contributed by atoms with Crippen molar-refractivity contribution in [2.45, 2.75) is 88.2 Å². The Labute approximate surface area is 244 Å². The minimum Gasteiger partial charge on any atom is -0.480 e. The summed E-state index contributed by atoms with van der Waals surface area (Å²) in [7, 11) is 0. The van der Waals surface area contributed by atoms with Crippen molar-refractivity contribution in [3.05, 3.63) is 0 Å². The number of likely N-dealkylation sites (tertiary alicyclic amines) is 1. The lowest BCUT2D eigenvalue weighted by Crippen LogP contribution is -2.60. The molecule has 4 amide bonds. The number of amides is 4. The molecule has 0 unspecified atom stereocenters. The van der Waals surface area contributed by atoms with Gasteiger partial charge in [-0.05, 0) is 58.4 Å². The van der Waals surface area contributed by atoms with Crippen LogP contribution in [-0.2, 0) is 24.0 Å². The number of carbonyl (C=O) groups excluding carboxylic acids is 4. The smallest absolute Gasteiger partial charge is 0.326 e. The molecule has 0 aromatic heterocycles. The van der Waals surface area contributed by atoms with Crippen molar-refractivity contribution in [1.29, 1.82) is 5.41 Å². The van der Waals surface area contributed by atoms with Gasteiger partial charge in [0.2, 0.25) is 23.6 Å². The van der Waals surface area contributed by atoms with Gasteiger partial charge in [-0.1, -0.05) is 0 Å². The van der Waals surface area contributed by atoms with Crippen LogP contribution < -0.4 is 38.5 Å². The molecule has 0 aliphatic carbocycles. The van der Waals surface area contributed by atoms with E-state index in [1.54, 1.807) is 0 Å². The fraction of sp³-hybridized carbons (Fsp3) is 0.750. The minimum atomic E-state index is -1.40. The summed E-state index contributed by atoms with van der Waals surface area (Å²) in [6.45, 7) is 2.13. The lowest BCUT2D eigenvalue weighted by Gasteiger charge is -2.31. The van der Waals surface area contributed by atoms with Gasteiger partial charge in [0.15, 0.2) is 5.96 Å². The number of aliphatic hydroxyl groups is 1. The van der Waals surface area contributed by atoms with Crippen LogP contribution in [0.5, 0.6) is 0 Å². The molecule has 1 aliphatic rings. The highest BCUT2D eigenvalue weighted by Crippen LogP contribution is 2.20. The first-order valence-corrected chi connectivity index (χ1v) is 14.2. The normalized spacial score (nSPS) is 18.4. The molecule has 1 saturated heterocycles. The summed E-state index contributed by atoms with van der Waals surface area (Å²) in [4.78, 5) is 65.1. The van der Waals surface area contributed by atoms with E-state index in [0.29, 0.717) is 38.6 Å². The molecular formula is C24H45N9O7S. The van der Waals surface area contributed by atoms with E-state index in [0.717, 1.165) is 0 Å². The van der Waals surface area contributed by atoms with Crippen molar-refractivity contribution < 1.29 is 34.2 Å². The third-order valence-corrected chi connectivity index (χ3v) is 6.99. The predicted octanol–water partition coefficient (Wildman–Crippen LogP) is -3.45. The average Bonchev–Trinajstić information content (AvgIpc) is 3.41. The maximum atomic E-state index is 13.6. The summed E-state index contributed by atoms with van der Waals surface area (Å²) in [5.74, 6) is -4.18. The van der Waals surface area contributed by atoms with Crippen molar-refractivity contribution in [1.82, 2.24) is 26.2 Å². The van der Waals surface area contributed by atoms with Gasteiger partial charge in [-0.15, -0.1) is 0 Å². The zero-order valence-corrected chi connectivity index (χ0v) is 24.2. The first-order valence-electron chi connectivity index (χ1n) is 13.6. The van der Waals surface area contributed by atoms with Crippen molar-refractivity contribution in [3.8, 4) is 0 Å². The Morgan fingerprint density at radius 3 is 2.27 bits per heavy atom. The Hall–Kier alpha value is -3.15. The topological polar surface area (TPSA) is 279 Å². The van der Waals surface area contributed by atoms with Crippen LogP contribution in [0.3, 0.4) is 0 Å². The highest BCUT2D eigenvalue weighted by Gasteiger charge is 2.39. The second-order valence-corrected chi connectivity index (χ2v) is 10.3. The molecule has 13 N–H and O–H groups in total. The first kappa shape index (κ1) is 35.9. The van der Waals surface area contributed by atoms with Gasteiger partial charge in [-0.3, -0.25) is 24.6 Å². The summed E-state index contributed by atoms with van der Waals surface area (Å²) in [5, 5.41) is 36.9. The van der Waals surface area contributed by atoms with Crippen LogP contribution in [0.2, 0.25) is 0 Å². The lowest BCUT2D eigenvalue weighted by molar-refractivity contribution is -0.145. The van der Waals surface area contributed by atoms with Gasteiger partial charge in [-0.25, -0.2) is 4.79 Å². The summed E-state index contributed by atoms with van der Waals surface area (Å²) in [6.07, 6.45) is 1.09. The molecule has 0 bridgehead atoms. The summed E-state index contributed by atoms with van der Waals surface area (Å²) in [6, 6.07) is -5.67. The number of thiol groups is 1. The van der Waals surface area contributed by atoms with E-state index in [-0.39, 0.29) is 37.6 Å². The zero-order chi connectivity index (χ0) is 31.1. The number of nitrogens with two attached hydrogens (primary N) is 3. The summed E-state index contributed by atoms with van der Waals surface area (Å²) < 4.78 is 0. The predicted molar refractivity (Wildman–Crippen MR) is 154 cm³/mol. The number of hydrogen-bond acceptors (Lipinski definition) is 10. The number of carbonyl (C=O) groups is 5. The number of aliphatic hydroxyl groups excluding tert-OH is 1. The molecule has 0 aromatic rings. The van der Waals surface area contributed by atoms with E-state index in [9.17, 15) is 34.2 Å². The molecule has 1 fully saturated rings. The third-order valence-electron chi connectivity index (χ3n) is 6.60. The number of unbranched alkanes of at least 4 members (excludes halogenated alkanes) is 1. The second-order valence-electron chi connectivity index (χ2n) is 9.93. The molecule has 1 aliphatic heterocycles. The molecular weight excluding hydrogens is 558 g/mol. The summed E-state index contributed by atoms with van der Waals surface area (Å²) >= 11 is 3.96. The van der Waals surface area contributed by atoms with E-state index < -0.39 is 65.9 Å². The van der Waals surface area contributed by atoms with Crippen LogP contribution in [0.4, 0.5) is 0 Å². The third kappa shape index (κ3) is 12.1. The largest absolute Gasteiger partial charge is 0.480 e. The molecule has 0 aromatic carbocycles. The highest BCUT2D eigenvalue weighted by molar-refractivity contribution is 7.80. The molecule has 234 valence electrons. The number of aliphatic carboxylic acids is 1. The van der Waals surface area contributed by atoms with Crippen LogP contribution in [0.25, 0.3) is 0 Å². The first-order chi connectivity index (χ1) is 19.3. The van der Waals surface area contributed by atoms with E-state index in [1.807, 2.05) is 0 Å². The van der Waals surface area contributed by atoms with Crippen LogP contribution in [-0.4, -0.2) is 112 Å². The second kappa shape index (κ2) is 18.3. The SMILES string of the molecule is C[C@@H](O)[C@H](NC(=O)[C@@H](N)CS)C(=O)N[C@@H](CCCCN)C(=O)N1CCC[C@H]1C(=O)N[C@@H](CCCNC(=N)N)C(=O)O. The Balaban J connectivity index is 3.02. The van der Waals surface area contributed by atoms with Gasteiger partial charge < -0.3 is 53.6 Å². The van der Waals surface area contributed by atoms with E-state index in [4.69, 9.17) is 22.6 Å². The molecule has 16 nitrogen and oxygen atoms in total. The molecule has 6 atom stereocenters. The molecule has 0 radical (unpaired) electrons. The standard InChI is InChI=1S/C24H45N9O7S/c1-13(34)18(32-19(35)14(26)12-41)21(37)30-15(6-2-3-9-25)22(38)33-11-5-8-17(33)20(36)31-16(23(39)40)7-4-10-29-24(27)28/h13-18,34,41H,2-12,25-26H2,1H3,(H,30,37)(H,31,36)(H,32,35)(H,39,40)(H4,27,28,29)/t13-,14+,15+,16+,17+,18+/m1/s1. The maximum Gasteiger partial charge on any atom is 0.326 e. The van der Waals surface area contributed by atoms with Crippen LogP contribution in [0.15, 0.2) is 0 Å². The number of rotatable bonds is 18. The summed E-state index contributed by atoms with van der Waals surface area (Å²) in [5.41, 5.74) is 16.5. The Morgan fingerprint density at radius 1 is 1.05 bits per heavy atom. The van der Waals surface area contributed by atoms with Crippen molar-refractivity contribution in [2.75, 3.05) is 25.4 Å². The fourth-order valence-electron chi connectivity index (χ4n) is 4.32. The Morgan fingerprint density at radius 2 is 1.71 bits per heavy atom. The lowest BCUT2D eigenvalue weighted by atomic mass is 10.0. The van der Waals surface area contributed by atoms with E-state index >= 15 is 0 Å². The van der Waals surface area contributed by atoms with Gasteiger partial charge in [0.1, 0.15) is 24.2 Å². The molecule has 0 spiro atoms. The van der Waals surface area contributed by atoms with Crippen molar-refractivity contribution in [3.63, 3.8) is 0 Å². The number of carboxylic acid groups (broad SMARTS) is 1. The maximum absolute atomic E-state index is 13.6. The Kier molecular flexibility index (Phi) is 16.0. The molecule has 0 saturated carbocycles. The van der Waals surface area contributed by atoms with Crippen LogP contribution >= 0.6 is 12.6 Å². The molecule has 1 rings (SSSR count). The van der Waals surface area contributed by atoms with Crippen molar-refractivity contribution in [2.24, 2.45) is 17.2 Å². The zero-order valence-electron chi connectivity index (χ0n) is 23.3. The highest BCUT2D eigenvalue weighted by atomic mass is 32.1. The van der Waals surface area contributed by atoms with Crippen LogP contribution in [0.1, 0.15) is 51.9 Å². The fourth-order valence-corrected chi connectivity index (χ4v) is 4.48. The van der Waals surface area contributed by atoms with Gasteiger partial charge in [0, 0.05) is 18.8 Å². The van der Waals surface area contributed by atoms with Crippen molar-refractivity contribution >= 4 is 48.2 Å². The number of guanidine groups is 1.